The molecule has 0 saturated carbocycles. The average Bonchev–Trinajstić information content (AvgIpc) is 3.03. The number of hydrogen-bond donors (Lipinski definition) is 2. The summed E-state index contributed by atoms with van der Waals surface area (Å²) in [7, 11) is 0. The van der Waals surface area contributed by atoms with Crippen molar-refractivity contribution < 1.29 is 0 Å². The number of nitrogens with one attached hydrogen (secondary N) is 1. The van der Waals surface area contributed by atoms with Gasteiger partial charge in [-0.15, -0.1) is 5.10 Å². The Bertz CT molecular complexity index is 462. The fourth-order valence-corrected chi connectivity index (χ4v) is 2.88. The van der Waals surface area contributed by atoms with E-state index in [1.165, 1.54) is 11.5 Å². The molecule has 0 aromatic carbocycles. The van der Waals surface area contributed by atoms with E-state index in [0.717, 1.165) is 42.2 Å². The lowest BCUT2D eigenvalue weighted by atomic mass is 10.1. The first-order chi connectivity index (χ1) is 9.31. The van der Waals surface area contributed by atoms with E-state index in [0.29, 0.717) is 0 Å². The van der Waals surface area contributed by atoms with E-state index >= 15 is 0 Å². The normalized spacial score (nSPS) is 12.8. The van der Waals surface area contributed by atoms with Crippen molar-refractivity contribution >= 4 is 11.5 Å². The minimum Gasteiger partial charge on any atom is -0.333 e. The van der Waals surface area contributed by atoms with Gasteiger partial charge in [0.05, 0.1) is 10.6 Å². The zero-order valence-electron chi connectivity index (χ0n) is 11.3. The molecular weight excluding hydrogens is 260 g/mol. The molecular formula is C12H20N6S. The number of aromatic nitrogens is 4. The molecule has 0 fully saturated rings. The Labute approximate surface area is 117 Å². The molecule has 0 radical (unpaired) electrons. The van der Waals surface area contributed by atoms with Crippen LogP contribution in [0, 0.1) is 0 Å². The van der Waals surface area contributed by atoms with Crippen LogP contribution in [0.5, 0.6) is 0 Å². The van der Waals surface area contributed by atoms with Crippen molar-refractivity contribution in [2.24, 2.45) is 5.84 Å². The molecule has 2 heterocycles. The van der Waals surface area contributed by atoms with Crippen molar-refractivity contribution in [1.82, 2.24) is 24.6 Å². The predicted octanol–water partition coefficient (Wildman–Crippen LogP) is 1.65. The molecule has 0 aliphatic carbocycles. The van der Waals surface area contributed by atoms with Crippen molar-refractivity contribution in [3.8, 4) is 0 Å². The second-order valence-corrected chi connectivity index (χ2v) is 5.20. The first-order valence-electron chi connectivity index (χ1n) is 6.60. The van der Waals surface area contributed by atoms with Crippen molar-refractivity contribution in [3.05, 3.63) is 28.8 Å². The van der Waals surface area contributed by atoms with Crippen LogP contribution >= 0.6 is 11.5 Å². The Morgan fingerprint density at radius 2 is 2.26 bits per heavy atom. The van der Waals surface area contributed by atoms with Crippen LogP contribution in [0.4, 0.5) is 0 Å². The zero-order valence-corrected chi connectivity index (χ0v) is 12.2. The fourth-order valence-electron chi connectivity index (χ4n) is 2.12. The highest BCUT2D eigenvalue weighted by molar-refractivity contribution is 7.05. The van der Waals surface area contributed by atoms with Gasteiger partial charge in [-0.2, -0.15) is 0 Å². The molecule has 0 amide bonds. The van der Waals surface area contributed by atoms with Crippen LogP contribution in [-0.2, 0) is 13.0 Å². The largest absolute Gasteiger partial charge is 0.333 e. The third kappa shape index (κ3) is 2.99. The summed E-state index contributed by atoms with van der Waals surface area (Å²) in [6.45, 7) is 5.21. The molecule has 1 unspecified atom stereocenters. The molecule has 19 heavy (non-hydrogen) atoms. The number of hydrazine groups is 1. The molecule has 0 spiro atoms. The van der Waals surface area contributed by atoms with Crippen LogP contribution in [-0.4, -0.2) is 19.1 Å². The summed E-state index contributed by atoms with van der Waals surface area (Å²) in [4.78, 5) is 5.50. The summed E-state index contributed by atoms with van der Waals surface area (Å²) in [6, 6.07) is -0.136. The summed E-state index contributed by atoms with van der Waals surface area (Å²) >= 11 is 1.39. The summed E-state index contributed by atoms with van der Waals surface area (Å²) in [5.74, 6) is 6.66. The summed E-state index contributed by atoms with van der Waals surface area (Å²) in [5.41, 5.74) is 3.87. The van der Waals surface area contributed by atoms with Gasteiger partial charge in [0, 0.05) is 18.9 Å². The predicted molar refractivity (Wildman–Crippen MR) is 75.6 cm³/mol. The third-order valence-electron chi connectivity index (χ3n) is 2.97. The van der Waals surface area contributed by atoms with E-state index in [4.69, 9.17) is 5.84 Å². The van der Waals surface area contributed by atoms with Gasteiger partial charge in [-0.25, -0.2) is 10.4 Å². The van der Waals surface area contributed by atoms with E-state index < -0.39 is 0 Å². The Morgan fingerprint density at radius 3 is 2.95 bits per heavy atom. The Morgan fingerprint density at radius 1 is 1.42 bits per heavy atom. The van der Waals surface area contributed by atoms with Crippen LogP contribution in [0.15, 0.2) is 12.4 Å². The first kappa shape index (κ1) is 14.1. The lowest BCUT2D eigenvalue weighted by Gasteiger charge is -2.16. The molecule has 0 aliphatic heterocycles. The topological polar surface area (TPSA) is 81.7 Å². The number of imidazole rings is 1. The van der Waals surface area contributed by atoms with Crippen molar-refractivity contribution in [2.45, 2.75) is 45.7 Å². The third-order valence-corrected chi connectivity index (χ3v) is 3.80. The second kappa shape index (κ2) is 6.74. The lowest BCUT2D eigenvalue weighted by Crippen LogP contribution is -2.31. The van der Waals surface area contributed by atoms with Gasteiger partial charge < -0.3 is 4.57 Å². The highest BCUT2D eigenvalue weighted by Gasteiger charge is 2.23. The van der Waals surface area contributed by atoms with Gasteiger partial charge in [-0.05, 0) is 24.4 Å². The van der Waals surface area contributed by atoms with Crippen molar-refractivity contribution in [2.75, 3.05) is 0 Å². The van der Waals surface area contributed by atoms with Crippen molar-refractivity contribution in [1.29, 1.82) is 0 Å². The van der Waals surface area contributed by atoms with Gasteiger partial charge in [0.1, 0.15) is 11.9 Å². The zero-order chi connectivity index (χ0) is 13.7. The van der Waals surface area contributed by atoms with Gasteiger partial charge in [0.15, 0.2) is 0 Å². The molecule has 0 bridgehead atoms. The maximum absolute atomic E-state index is 5.73. The van der Waals surface area contributed by atoms with Gasteiger partial charge in [0.2, 0.25) is 0 Å². The second-order valence-electron chi connectivity index (χ2n) is 4.41. The average molecular weight is 280 g/mol. The molecule has 104 valence electrons. The highest BCUT2D eigenvalue weighted by Crippen LogP contribution is 2.26. The van der Waals surface area contributed by atoms with Crippen LogP contribution in [0.3, 0.4) is 0 Å². The minimum absolute atomic E-state index is 0.136. The quantitative estimate of drug-likeness (QED) is 0.595. The number of aryl methyl sites for hydroxylation is 2. The number of hydrogen-bond acceptors (Lipinski definition) is 6. The van der Waals surface area contributed by atoms with Crippen molar-refractivity contribution in [3.63, 3.8) is 0 Å². The fraction of sp³-hybridized carbons (Fsp3) is 0.583. The van der Waals surface area contributed by atoms with E-state index in [1.54, 1.807) is 0 Å². The van der Waals surface area contributed by atoms with Gasteiger partial charge in [-0.1, -0.05) is 24.8 Å². The summed E-state index contributed by atoms with van der Waals surface area (Å²) in [5, 5.41) is 4.20. The monoisotopic (exact) mass is 280 g/mol. The molecule has 0 aliphatic rings. The molecule has 2 aromatic rings. The Kier molecular flexibility index (Phi) is 5.00. The lowest BCUT2D eigenvalue weighted by molar-refractivity contribution is 0.547. The molecule has 2 aromatic heterocycles. The number of nitrogens with two attached hydrogens (primary N) is 1. The van der Waals surface area contributed by atoms with Crippen LogP contribution in [0.1, 0.15) is 49.1 Å². The molecule has 0 saturated heterocycles. The van der Waals surface area contributed by atoms with E-state index in [9.17, 15) is 0 Å². The van der Waals surface area contributed by atoms with Crippen LogP contribution < -0.4 is 11.3 Å². The smallest absolute Gasteiger partial charge is 0.132 e. The van der Waals surface area contributed by atoms with Gasteiger partial charge in [-0.3, -0.25) is 5.84 Å². The Balaban J connectivity index is 2.33. The van der Waals surface area contributed by atoms with Crippen LogP contribution in [0.2, 0.25) is 0 Å². The first-order valence-corrected chi connectivity index (χ1v) is 7.37. The Hall–Kier alpha value is -1.31. The standard InChI is InChI=1S/C12H20N6S/c1-3-5-9-11(19-17-16-9)10(15-13)12-14-6-8-18(12)7-4-2/h6,8,10,15H,3-5,7,13H2,1-2H3. The van der Waals surface area contributed by atoms with E-state index in [2.05, 4.69) is 38.4 Å². The maximum atomic E-state index is 5.73. The van der Waals surface area contributed by atoms with Crippen LogP contribution in [0.25, 0.3) is 0 Å². The van der Waals surface area contributed by atoms with E-state index in [-0.39, 0.29) is 6.04 Å². The van der Waals surface area contributed by atoms with Gasteiger partial charge >= 0.3 is 0 Å². The number of rotatable bonds is 7. The number of nitrogens with zero attached hydrogens (tertiary/aromatic N) is 4. The SMILES string of the molecule is CCCc1nnsc1C(NN)c1nccn1CCC. The molecule has 6 nitrogen and oxygen atoms in total. The molecule has 2 rings (SSSR count). The van der Waals surface area contributed by atoms with E-state index in [1.807, 2.05) is 12.4 Å². The summed E-state index contributed by atoms with van der Waals surface area (Å²) < 4.78 is 6.18. The highest BCUT2D eigenvalue weighted by atomic mass is 32.1. The van der Waals surface area contributed by atoms with Gasteiger partial charge in [0.25, 0.3) is 0 Å². The maximum Gasteiger partial charge on any atom is 0.132 e. The molecule has 1 atom stereocenters. The molecule has 3 N–H and O–H groups in total. The summed E-state index contributed by atoms with van der Waals surface area (Å²) in [6.07, 6.45) is 6.81. The minimum atomic E-state index is -0.136. The molecule has 7 heteroatoms.